The van der Waals surface area contributed by atoms with E-state index in [1.807, 2.05) is 97.1 Å². The SMILES string of the molecule is O=C(NCCc1ccccn1)c1cccc(OCc2ccccc2)c1-c1cc(-c2ccccc2)[nH]n1. The summed E-state index contributed by atoms with van der Waals surface area (Å²) in [6, 6.07) is 33.1. The Kier molecular flexibility index (Phi) is 7.14. The number of aromatic amines is 1. The molecule has 0 aliphatic carbocycles. The Morgan fingerprint density at radius 1 is 0.861 bits per heavy atom. The second-order valence-corrected chi connectivity index (χ2v) is 8.31. The van der Waals surface area contributed by atoms with Crippen molar-refractivity contribution in [2.45, 2.75) is 13.0 Å². The summed E-state index contributed by atoms with van der Waals surface area (Å²) in [6.07, 6.45) is 2.40. The summed E-state index contributed by atoms with van der Waals surface area (Å²) < 4.78 is 6.21. The average molecular weight is 475 g/mol. The lowest BCUT2D eigenvalue weighted by molar-refractivity contribution is 0.0954. The maximum absolute atomic E-state index is 13.3. The van der Waals surface area contributed by atoms with Crippen LogP contribution in [0.1, 0.15) is 21.6 Å². The van der Waals surface area contributed by atoms with Crippen molar-refractivity contribution >= 4 is 5.91 Å². The van der Waals surface area contributed by atoms with Crippen molar-refractivity contribution in [2.75, 3.05) is 6.54 Å². The molecule has 2 heterocycles. The number of carbonyl (C=O) groups excluding carboxylic acids is 1. The van der Waals surface area contributed by atoms with Gasteiger partial charge in [0.25, 0.3) is 5.91 Å². The third-order valence-corrected chi connectivity index (χ3v) is 5.82. The molecule has 0 atom stereocenters. The summed E-state index contributed by atoms with van der Waals surface area (Å²) in [7, 11) is 0. The van der Waals surface area contributed by atoms with Crippen molar-refractivity contribution in [2.24, 2.45) is 0 Å². The molecule has 0 saturated carbocycles. The number of amides is 1. The van der Waals surface area contributed by atoms with Crippen LogP contribution in [0.15, 0.2) is 109 Å². The number of rotatable bonds is 9. The number of hydrogen-bond donors (Lipinski definition) is 2. The van der Waals surface area contributed by atoms with E-state index in [1.165, 1.54) is 0 Å². The quantitative estimate of drug-likeness (QED) is 0.288. The first-order chi connectivity index (χ1) is 17.8. The number of pyridine rings is 1. The lowest BCUT2D eigenvalue weighted by Gasteiger charge is -2.14. The maximum atomic E-state index is 13.3. The maximum Gasteiger partial charge on any atom is 0.252 e. The number of carbonyl (C=O) groups is 1. The molecule has 5 rings (SSSR count). The number of benzene rings is 3. The van der Waals surface area contributed by atoms with Gasteiger partial charge in [-0.3, -0.25) is 14.9 Å². The molecule has 0 spiro atoms. The number of H-pyrrole nitrogens is 1. The molecule has 36 heavy (non-hydrogen) atoms. The third-order valence-electron chi connectivity index (χ3n) is 5.82. The van der Waals surface area contributed by atoms with Gasteiger partial charge in [0.15, 0.2) is 0 Å². The van der Waals surface area contributed by atoms with E-state index < -0.39 is 0 Å². The third kappa shape index (κ3) is 5.50. The van der Waals surface area contributed by atoms with Crippen molar-refractivity contribution < 1.29 is 9.53 Å². The predicted molar refractivity (Wildman–Crippen MR) is 141 cm³/mol. The number of nitrogens with zero attached hydrogens (tertiary/aromatic N) is 2. The van der Waals surface area contributed by atoms with Gasteiger partial charge in [0.05, 0.1) is 22.5 Å². The summed E-state index contributed by atoms with van der Waals surface area (Å²) in [4.78, 5) is 17.6. The van der Waals surface area contributed by atoms with Gasteiger partial charge in [0.2, 0.25) is 0 Å². The van der Waals surface area contributed by atoms with Crippen LogP contribution in [0.25, 0.3) is 22.5 Å². The van der Waals surface area contributed by atoms with Crippen LogP contribution in [-0.4, -0.2) is 27.6 Å². The molecule has 3 aromatic carbocycles. The van der Waals surface area contributed by atoms with Gasteiger partial charge in [-0.1, -0.05) is 72.8 Å². The first-order valence-electron chi connectivity index (χ1n) is 11.9. The smallest absolute Gasteiger partial charge is 0.252 e. The highest BCUT2D eigenvalue weighted by atomic mass is 16.5. The minimum atomic E-state index is -0.185. The molecule has 178 valence electrons. The zero-order chi connectivity index (χ0) is 24.6. The van der Waals surface area contributed by atoms with Gasteiger partial charge in [-0.05, 0) is 41.5 Å². The van der Waals surface area contributed by atoms with E-state index >= 15 is 0 Å². The fraction of sp³-hybridized carbons (Fsp3) is 0.100. The fourth-order valence-electron chi connectivity index (χ4n) is 4.00. The van der Waals surface area contributed by atoms with Gasteiger partial charge < -0.3 is 10.1 Å². The Balaban J connectivity index is 1.44. The molecule has 0 saturated heterocycles. The van der Waals surface area contributed by atoms with Gasteiger partial charge >= 0.3 is 0 Å². The molecule has 2 aromatic heterocycles. The Labute approximate surface area is 210 Å². The van der Waals surface area contributed by atoms with Crippen LogP contribution < -0.4 is 10.1 Å². The second kappa shape index (κ2) is 11.1. The highest BCUT2D eigenvalue weighted by Gasteiger charge is 2.20. The average Bonchev–Trinajstić information content (AvgIpc) is 3.43. The lowest BCUT2D eigenvalue weighted by atomic mass is 10.0. The molecule has 6 heteroatoms. The molecule has 0 fully saturated rings. The Bertz CT molecular complexity index is 1420. The van der Waals surface area contributed by atoms with E-state index in [4.69, 9.17) is 4.74 Å². The van der Waals surface area contributed by atoms with Gasteiger partial charge in [0, 0.05) is 24.9 Å². The molecule has 0 unspecified atom stereocenters. The summed E-state index contributed by atoms with van der Waals surface area (Å²) >= 11 is 0. The largest absolute Gasteiger partial charge is 0.488 e. The van der Waals surface area contributed by atoms with E-state index in [1.54, 1.807) is 12.3 Å². The highest BCUT2D eigenvalue weighted by molar-refractivity contribution is 6.02. The standard InChI is InChI=1S/C30H26N4O2/c35-30(32-19-17-24-14-7-8-18-31-24)25-15-9-16-28(36-21-22-10-3-1-4-11-22)29(25)27-20-26(33-34-27)23-12-5-2-6-13-23/h1-16,18,20H,17,19,21H2,(H,32,35)(H,33,34). The van der Waals surface area contributed by atoms with Crippen LogP contribution in [0.4, 0.5) is 0 Å². The Morgan fingerprint density at radius 2 is 1.64 bits per heavy atom. The molecular weight excluding hydrogens is 448 g/mol. The normalized spacial score (nSPS) is 10.7. The van der Waals surface area contributed by atoms with Gasteiger partial charge in [0.1, 0.15) is 12.4 Å². The number of hydrogen-bond acceptors (Lipinski definition) is 4. The summed E-state index contributed by atoms with van der Waals surface area (Å²) in [6.45, 7) is 0.856. The Hall–Kier alpha value is -4.71. The fourth-order valence-corrected chi connectivity index (χ4v) is 4.00. The van der Waals surface area contributed by atoms with Crippen molar-refractivity contribution in [3.05, 3.63) is 126 Å². The van der Waals surface area contributed by atoms with Crippen LogP contribution in [0.5, 0.6) is 5.75 Å². The monoisotopic (exact) mass is 474 g/mol. The minimum Gasteiger partial charge on any atom is -0.488 e. The van der Waals surface area contributed by atoms with Crippen LogP contribution in [-0.2, 0) is 13.0 Å². The van der Waals surface area contributed by atoms with Crippen LogP contribution in [0.2, 0.25) is 0 Å². The molecule has 5 aromatic rings. The first-order valence-corrected chi connectivity index (χ1v) is 11.9. The first kappa shape index (κ1) is 23.1. The lowest BCUT2D eigenvalue weighted by Crippen LogP contribution is -2.26. The molecular formula is C30H26N4O2. The van der Waals surface area contributed by atoms with Gasteiger partial charge in [-0.15, -0.1) is 0 Å². The predicted octanol–water partition coefficient (Wildman–Crippen LogP) is 5.69. The summed E-state index contributed by atoms with van der Waals surface area (Å²) in [5.41, 5.74) is 5.66. The van der Waals surface area contributed by atoms with Crippen molar-refractivity contribution in [1.29, 1.82) is 0 Å². The molecule has 2 N–H and O–H groups in total. The zero-order valence-electron chi connectivity index (χ0n) is 19.7. The summed E-state index contributed by atoms with van der Waals surface area (Å²) in [5, 5.41) is 10.7. The van der Waals surface area contributed by atoms with Crippen LogP contribution >= 0.6 is 0 Å². The van der Waals surface area contributed by atoms with Crippen LogP contribution in [0.3, 0.4) is 0 Å². The molecule has 0 aliphatic heterocycles. The van der Waals surface area contributed by atoms with Gasteiger partial charge in [-0.25, -0.2) is 0 Å². The van der Waals surface area contributed by atoms with Crippen molar-refractivity contribution in [3.63, 3.8) is 0 Å². The molecule has 0 bridgehead atoms. The van der Waals surface area contributed by atoms with E-state index in [9.17, 15) is 4.79 Å². The zero-order valence-corrected chi connectivity index (χ0v) is 19.7. The molecule has 0 radical (unpaired) electrons. The highest BCUT2D eigenvalue weighted by Crippen LogP contribution is 2.35. The Morgan fingerprint density at radius 3 is 2.42 bits per heavy atom. The van der Waals surface area contributed by atoms with E-state index in [0.29, 0.717) is 42.1 Å². The molecule has 1 amide bonds. The number of ether oxygens (including phenoxy) is 1. The summed E-state index contributed by atoms with van der Waals surface area (Å²) in [5.74, 6) is 0.415. The topological polar surface area (TPSA) is 79.9 Å². The van der Waals surface area contributed by atoms with Crippen molar-refractivity contribution in [3.8, 4) is 28.3 Å². The van der Waals surface area contributed by atoms with Crippen molar-refractivity contribution in [1.82, 2.24) is 20.5 Å². The second-order valence-electron chi connectivity index (χ2n) is 8.31. The molecule has 0 aliphatic rings. The van der Waals surface area contributed by atoms with Gasteiger partial charge in [-0.2, -0.15) is 5.10 Å². The number of aromatic nitrogens is 3. The van der Waals surface area contributed by atoms with Crippen LogP contribution in [0, 0.1) is 0 Å². The number of nitrogens with one attached hydrogen (secondary N) is 2. The van der Waals surface area contributed by atoms with E-state index in [-0.39, 0.29) is 5.91 Å². The van der Waals surface area contributed by atoms with E-state index in [0.717, 1.165) is 22.5 Å². The van der Waals surface area contributed by atoms with E-state index in [2.05, 4.69) is 20.5 Å². The minimum absolute atomic E-state index is 0.185. The molecule has 6 nitrogen and oxygen atoms in total.